The average molecular weight is 390 g/mol. The molecular weight excluding hydrogens is 372 g/mol. The van der Waals surface area contributed by atoms with Crippen LogP contribution in [0.1, 0.15) is 27.0 Å². The molecule has 0 N–H and O–H groups in total. The van der Waals surface area contributed by atoms with Gasteiger partial charge < -0.3 is 4.74 Å². The minimum Gasteiger partial charge on any atom is -0.380 e. The summed E-state index contributed by atoms with van der Waals surface area (Å²) in [7, 11) is 1.67. The first-order chi connectivity index (χ1) is 14.6. The van der Waals surface area contributed by atoms with Crippen molar-refractivity contribution in [3.8, 4) is 34.4 Å². The first-order valence-electron chi connectivity index (χ1n) is 9.50. The molecule has 0 amide bonds. The Morgan fingerprint density at radius 2 is 1.47 bits per heavy atom. The number of hydrogen-bond donors (Lipinski definition) is 0. The van der Waals surface area contributed by atoms with Gasteiger partial charge in [0, 0.05) is 12.7 Å². The minimum atomic E-state index is -0.290. The van der Waals surface area contributed by atoms with Gasteiger partial charge >= 0.3 is 0 Å². The molecule has 0 saturated heterocycles. The lowest BCUT2D eigenvalue weighted by molar-refractivity contribution is 0.105. The van der Waals surface area contributed by atoms with Crippen LogP contribution < -0.4 is 0 Å². The predicted octanol–water partition coefficient (Wildman–Crippen LogP) is 5.47. The molecule has 0 fully saturated rings. The summed E-state index contributed by atoms with van der Waals surface area (Å²) in [5, 5.41) is 18.8. The topological polar surface area (TPSA) is 73.9 Å². The molecule has 4 nitrogen and oxygen atoms in total. The summed E-state index contributed by atoms with van der Waals surface area (Å²) in [5.74, 6) is -0.290. The summed E-state index contributed by atoms with van der Waals surface area (Å²) >= 11 is 0. The molecule has 1 aliphatic carbocycles. The van der Waals surface area contributed by atoms with Crippen molar-refractivity contribution >= 4 is 11.4 Å². The molecule has 3 aromatic rings. The standard InChI is InChI=1S/C26H18N2O2/c1-16-3-9-21-23(11-16)24-12-19(18-6-4-17(5-7-18)15-30-2)8-10-22(24)26(29)25(21)20(13-27)14-28/h3-12H,15H2,1-2H3. The number of hydrogen-bond acceptors (Lipinski definition) is 4. The lowest BCUT2D eigenvalue weighted by atomic mass is 9.78. The van der Waals surface area contributed by atoms with E-state index < -0.39 is 0 Å². The molecule has 144 valence electrons. The molecule has 0 heterocycles. The highest BCUT2D eigenvalue weighted by Gasteiger charge is 2.30. The number of fused-ring (bicyclic) bond motifs is 3. The van der Waals surface area contributed by atoms with Crippen LogP contribution in [0.3, 0.4) is 0 Å². The summed E-state index contributed by atoms with van der Waals surface area (Å²) in [5.41, 5.74) is 6.99. The molecule has 0 aromatic heterocycles. The minimum absolute atomic E-state index is 0.159. The van der Waals surface area contributed by atoms with Gasteiger partial charge in [0.05, 0.1) is 12.2 Å². The molecule has 0 aliphatic heterocycles. The van der Waals surface area contributed by atoms with Gasteiger partial charge in [-0.3, -0.25) is 4.79 Å². The zero-order chi connectivity index (χ0) is 21.3. The van der Waals surface area contributed by atoms with E-state index in [9.17, 15) is 15.3 Å². The maximum atomic E-state index is 13.2. The van der Waals surface area contributed by atoms with E-state index in [4.69, 9.17) is 4.74 Å². The summed E-state index contributed by atoms with van der Waals surface area (Å²) < 4.78 is 5.17. The van der Waals surface area contributed by atoms with Crippen molar-refractivity contribution in [3.05, 3.63) is 88.5 Å². The fraction of sp³-hybridized carbons (Fsp3) is 0.115. The second kappa shape index (κ2) is 7.79. The van der Waals surface area contributed by atoms with Gasteiger partial charge in [0.1, 0.15) is 17.7 Å². The molecule has 0 unspecified atom stereocenters. The van der Waals surface area contributed by atoms with Crippen LogP contribution in [0.2, 0.25) is 0 Å². The number of ether oxygens (including phenoxy) is 1. The van der Waals surface area contributed by atoms with Gasteiger partial charge in [0.15, 0.2) is 5.78 Å². The number of rotatable bonds is 3. The fourth-order valence-corrected chi connectivity index (χ4v) is 3.85. The SMILES string of the molecule is COCc1ccc(-c2ccc3c(c2)-c2cc(C)ccc2C(=C(C#N)C#N)C3=O)cc1. The number of ketones is 1. The van der Waals surface area contributed by atoms with Crippen molar-refractivity contribution in [1.29, 1.82) is 10.5 Å². The Morgan fingerprint density at radius 1 is 0.833 bits per heavy atom. The highest BCUT2D eigenvalue weighted by Crippen LogP contribution is 2.42. The van der Waals surface area contributed by atoms with E-state index in [2.05, 4.69) is 0 Å². The molecule has 30 heavy (non-hydrogen) atoms. The van der Waals surface area contributed by atoms with Crippen molar-refractivity contribution < 1.29 is 9.53 Å². The van der Waals surface area contributed by atoms with Gasteiger partial charge in [-0.1, -0.05) is 54.1 Å². The maximum Gasteiger partial charge on any atom is 0.196 e. The van der Waals surface area contributed by atoms with Crippen LogP contribution in [0.5, 0.6) is 0 Å². The number of carbonyl (C=O) groups is 1. The number of methoxy groups -OCH3 is 1. The molecular formula is C26H18N2O2. The van der Waals surface area contributed by atoms with Gasteiger partial charge in [0.25, 0.3) is 0 Å². The first kappa shape index (κ1) is 19.3. The number of allylic oxidation sites excluding steroid dienone is 2. The zero-order valence-electron chi connectivity index (χ0n) is 16.7. The van der Waals surface area contributed by atoms with E-state index in [0.29, 0.717) is 17.7 Å². The fourth-order valence-electron chi connectivity index (χ4n) is 3.85. The van der Waals surface area contributed by atoms with Crippen LogP contribution >= 0.6 is 0 Å². The highest BCUT2D eigenvalue weighted by atomic mass is 16.5. The smallest absolute Gasteiger partial charge is 0.196 e. The molecule has 0 spiro atoms. The van der Waals surface area contributed by atoms with Crippen LogP contribution in [0, 0.1) is 29.6 Å². The van der Waals surface area contributed by atoms with Crippen LogP contribution in [-0.4, -0.2) is 12.9 Å². The lowest BCUT2D eigenvalue weighted by Gasteiger charge is -2.23. The normalized spacial score (nSPS) is 11.9. The second-order valence-corrected chi connectivity index (χ2v) is 7.24. The van der Waals surface area contributed by atoms with Crippen molar-refractivity contribution in [3.63, 3.8) is 0 Å². The van der Waals surface area contributed by atoms with Crippen LogP contribution in [-0.2, 0) is 11.3 Å². The molecule has 0 bridgehead atoms. The van der Waals surface area contributed by atoms with Crippen molar-refractivity contribution in [2.75, 3.05) is 7.11 Å². The summed E-state index contributed by atoms with van der Waals surface area (Å²) in [6, 6.07) is 23.3. The first-order valence-corrected chi connectivity index (χ1v) is 9.50. The van der Waals surface area contributed by atoms with Crippen molar-refractivity contribution in [1.82, 2.24) is 0 Å². The van der Waals surface area contributed by atoms with Crippen LogP contribution in [0.25, 0.3) is 27.8 Å². The van der Waals surface area contributed by atoms with Gasteiger partial charge in [-0.15, -0.1) is 0 Å². The van der Waals surface area contributed by atoms with E-state index in [1.54, 1.807) is 13.2 Å². The Labute approximate surface area is 175 Å². The van der Waals surface area contributed by atoms with Gasteiger partial charge in [-0.05, 0) is 52.4 Å². The van der Waals surface area contributed by atoms with E-state index in [1.807, 2.05) is 73.7 Å². The number of benzene rings is 3. The Morgan fingerprint density at radius 3 is 2.13 bits per heavy atom. The van der Waals surface area contributed by atoms with Gasteiger partial charge in [-0.2, -0.15) is 10.5 Å². The largest absolute Gasteiger partial charge is 0.380 e. The second-order valence-electron chi connectivity index (χ2n) is 7.24. The van der Waals surface area contributed by atoms with E-state index >= 15 is 0 Å². The molecule has 3 aromatic carbocycles. The average Bonchev–Trinajstić information content (AvgIpc) is 2.77. The van der Waals surface area contributed by atoms with Gasteiger partial charge in [0.2, 0.25) is 0 Å². The molecule has 4 rings (SSSR count). The Bertz CT molecular complexity index is 1270. The number of Topliss-reactive ketones (excluding diaryl/α,β-unsaturated/α-hetero) is 1. The third kappa shape index (κ3) is 3.20. The Hall–Kier alpha value is -3.99. The summed E-state index contributed by atoms with van der Waals surface area (Å²) in [6.07, 6.45) is 0. The zero-order valence-corrected chi connectivity index (χ0v) is 16.7. The molecule has 1 aliphatic rings. The van der Waals surface area contributed by atoms with E-state index in [0.717, 1.165) is 33.4 Å². The van der Waals surface area contributed by atoms with E-state index in [-0.39, 0.29) is 16.9 Å². The number of aryl methyl sites for hydroxylation is 1. The van der Waals surface area contributed by atoms with Crippen molar-refractivity contribution in [2.24, 2.45) is 0 Å². The maximum absolute atomic E-state index is 13.2. The third-order valence-electron chi connectivity index (χ3n) is 5.30. The molecule has 0 atom stereocenters. The summed E-state index contributed by atoms with van der Waals surface area (Å²) in [6.45, 7) is 2.54. The Kier molecular flexibility index (Phi) is 5.02. The third-order valence-corrected chi connectivity index (χ3v) is 5.30. The monoisotopic (exact) mass is 390 g/mol. The van der Waals surface area contributed by atoms with Crippen molar-refractivity contribution in [2.45, 2.75) is 13.5 Å². The van der Waals surface area contributed by atoms with Crippen LogP contribution in [0.4, 0.5) is 0 Å². The lowest BCUT2D eigenvalue weighted by Crippen LogP contribution is -2.13. The quantitative estimate of drug-likeness (QED) is 0.439. The number of nitrogens with zero attached hydrogens (tertiary/aromatic N) is 2. The van der Waals surface area contributed by atoms with Crippen LogP contribution in [0.15, 0.2) is 66.2 Å². The highest BCUT2D eigenvalue weighted by molar-refractivity contribution is 6.36. The van der Waals surface area contributed by atoms with Gasteiger partial charge in [-0.25, -0.2) is 0 Å². The molecule has 4 heteroatoms. The Balaban J connectivity index is 1.92. The number of carbonyl (C=O) groups excluding carboxylic acids is 1. The molecule has 0 saturated carbocycles. The summed E-state index contributed by atoms with van der Waals surface area (Å²) in [4.78, 5) is 13.2. The van der Waals surface area contributed by atoms with E-state index in [1.165, 1.54) is 0 Å². The number of nitriles is 2. The molecule has 0 radical (unpaired) electrons. The predicted molar refractivity (Wildman–Crippen MR) is 115 cm³/mol.